The Kier molecular flexibility index (Phi) is 4.10. The first-order valence-electron chi connectivity index (χ1n) is 6.72. The number of likely N-dealkylation sites (N-methyl/N-ethyl adjacent to an activating group) is 1. The maximum absolute atomic E-state index is 12.3. The molecule has 0 radical (unpaired) electrons. The molecule has 2 unspecified atom stereocenters. The van der Waals surface area contributed by atoms with E-state index in [1.807, 2.05) is 30.0 Å². The average molecular weight is 262 g/mol. The average Bonchev–Trinajstić information content (AvgIpc) is 2.47. The first-order chi connectivity index (χ1) is 9.02. The van der Waals surface area contributed by atoms with Gasteiger partial charge < -0.3 is 14.9 Å². The lowest BCUT2D eigenvalue weighted by Crippen LogP contribution is -2.47. The molecule has 1 N–H and O–H groups in total. The number of anilines is 1. The standard InChI is InChI=1S/C15H22N2O2/c1-11-5-4-6-13(7-11)17-9-12(2)8-16(3)15(19)14(17)10-18/h4-7,12,14,18H,8-10H2,1-3H3. The Labute approximate surface area is 114 Å². The van der Waals surface area contributed by atoms with E-state index in [-0.39, 0.29) is 12.5 Å². The highest BCUT2D eigenvalue weighted by Crippen LogP contribution is 2.23. The van der Waals surface area contributed by atoms with Gasteiger partial charge >= 0.3 is 0 Å². The van der Waals surface area contributed by atoms with Crippen LogP contribution in [0.15, 0.2) is 24.3 Å². The zero-order chi connectivity index (χ0) is 14.0. The smallest absolute Gasteiger partial charge is 0.247 e. The molecule has 1 amide bonds. The lowest BCUT2D eigenvalue weighted by Gasteiger charge is -2.31. The van der Waals surface area contributed by atoms with E-state index in [2.05, 4.69) is 13.0 Å². The Hall–Kier alpha value is -1.55. The van der Waals surface area contributed by atoms with Crippen LogP contribution in [0.2, 0.25) is 0 Å². The minimum absolute atomic E-state index is 0.00615. The number of aryl methyl sites for hydroxylation is 1. The predicted molar refractivity (Wildman–Crippen MR) is 76.2 cm³/mol. The molecule has 4 heteroatoms. The summed E-state index contributed by atoms with van der Waals surface area (Å²) in [6.45, 7) is 5.53. The molecule has 1 aliphatic rings. The number of aliphatic hydroxyl groups is 1. The third kappa shape index (κ3) is 2.89. The van der Waals surface area contributed by atoms with E-state index in [0.717, 1.165) is 24.3 Å². The van der Waals surface area contributed by atoms with Crippen LogP contribution in [0.3, 0.4) is 0 Å². The van der Waals surface area contributed by atoms with Gasteiger partial charge in [-0.15, -0.1) is 0 Å². The summed E-state index contributed by atoms with van der Waals surface area (Å²) < 4.78 is 0. The van der Waals surface area contributed by atoms with Crippen LogP contribution >= 0.6 is 0 Å². The van der Waals surface area contributed by atoms with Crippen LogP contribution in [0.5, 0.6) is 0 Å². The fourth-order valence-corrected chi connectivity index (χ4v) is 2.73. The molecule has 4 nitrogen and oxygen atoms in total. The first kappa shape index (κ1) is 13.9. The van der Waals surface area contributed by atoms with Crippen molar-refractivity contribution in [3.8, 4) is 0 Å². The van der Waals surface area contributed by atoms with Crippen molar-refractivity contribution in [2.45, 2.75) is 19.9 Å². The Bertz CT molecular complexity index is 461. The number of benzene rings is 1. The number of amides is 1. The van der Waals surface area contributed by atoms with Crippen molar-refractivity contribution in [1.29, 1.82) is 0 Å². The lowest BCUT2D eigenvalue weighted by atomic mass is 10.1. The molecule has 19 heavy (non-hydrogen) atoms. The van der Waals surface area contributed by atoms with Crippen molar-refractivity contribution < 1.29 is 9.90 Å². The van der Waals surface area contributed by atoms with Crippen molar-refractivity contribution in [2.24, 2.45) is 5.92 Å². The van der Waals surface area contributed by atoms with E-state index in [1.54, 1.807) is 11.9 Å². The minimum atomic E-state index is -0.475. The fourth-order valence-electron chi connectivity index (χ4n) is 2.73. The summed E-state index contributed by atoms with van der Waals surface area (Å²) in [5, 5.41) is 9.60. The van der Waals surface area contributed by atoms with E-state index in [1.165, 1.54) is 0 Å². The Morgan fingerprint density at radius 2 is 2.11 bits per heavy atom. The molecule has 0 saturated carbocycles. The third-order valence-corrected chi connectivity index (χ3v) is 3.64. The molecule has 104 valence electrons. The van der Waals surface area contributed by atoms with Gasteiger partial charge in [-0.1, -0.05) is 19.1 Å². The zero-order valence-corrected chi connectivity index (χ0v) is 11.8. The van der Waals surface area contributed by atoms with Gasteiger partial charge in [0.05, 0.1) is 6.61 Å². The molecule has 2 rings (SSSR count). The van der Waals surface area contributed by atoms with Gasteiger partial charge in [-0.3, -0.25) is 4.79 Å². The van der Waals surface area contributed by atoms with Gasteiger partial charge in [0.2, 0.25) is 5.91 Å². The predicted octanol–water partition coefficient (Wildman–Crippen LogP) is 1.27. The summed E-state index contributed by atoms with van der Waals surface area (Å²) in [5.41, 5.74) is 2.17. The number of aliphatic hydroxyl groups excluding tert-OH is 1. The van der Waals surface area contributed by atoms with Crippen molar-refractivity contribution in [3.05, 3.63) is 29.8 Å². The largest absolute Gasteiger partial charge is 0.394 e. The summed E-state index contributed by atoms with van der Waals surface area (Å²) in [4.78, 5) is 16.1. The van der Waals surface area contributed by atoms with Crippen molar-refractivity contribution >= 4 is 11.6 Å². The van der Waals surface area contributed by atoms with Crippen LogP contribution in [-0.4, -0.2) is 48.7 Å². The summed E-state index contributed by atoms with van der Waals surface area (Å²) in [5.74, 6) is 0.374. The number of hydrogen-bond donors (Lipinski definition) is 1. The molecule has 1 aromatic carbocycles. The number of nitrogens with zero attached hydrogens (tertiary/aromatic N) is 2. The second-order valence-corrected chi connectivity index (χ2v) is 5.51. The van der Waals surface area contributed by atoms with E-state index in [0.29, 0.717) is 5.92 Å². The molecule has 0 spiro atoms. The van der Waals surface area contributed by atoms with Gasteiger partial charge in [-0.2, -0.15) is 0 Å². The highest BCUT2D eigenvalue weighted by Gasteiger charge is 2.33. The summed E-state index contributed by atoms with van der Waals surface area (Å²) in [6.07, 6.45) is 0. The number of hydrogen-bond acceptors (Lipinski definition) is 3. The molecule has 1 aromatic rings. The van der Waals surface area contributed by atoms with E-state index >= 15 is 0 Å². The van der Waals surface area contributed by atoms with Crippen LogP contribution < -0.4 is 4.90 Å². The van der Waals surface area contributed by atoms with Gasteiger partial charge in [0.15, 0.2) is 0 Å². The maximum atomic E-state index is 12.3. The number of carbonyl (C=O) groups is 1. The van der Waals surface area contributed by atoms with Crippen LogP contribution in [-0.2, 0) is 4.79 Å². The van der Waals surface area contributed by atoms with E-state index < -0.39 is 6.04 Å². The summed E-state index contributed by atoms with van der Waals surface area (Å²) >= 11 is 0. The Balaban J connectivity index is 2.37. The third-order valence-electron chi connectivity index (χ3n) is 3.64. The monoisotopic (exact) mass is 262 g/mol. The number of carbonyl (C=O) groups excluding carboxylic acids is 1. The van der Waals surface area contributed by atoms with Gasteiger partial charge in [-0.05, 0) is 30.5 Å². The highest BCUT2D eigenvalue weighted by atomic mass is 16.3. The number of rotatable bonds is 2. The summed E-state index contributed by atoms with van der Waals surface area (Å²) in [7, 11) is 1.81. The zero-order valence-electron chi connectivity index (χ0n) is 11.8. The molecule has 0 aromatic heterocycles. The second-order valence-electron chi connectivity index (χ2n) is 5.51. The van der Waals surface area contributed by atoms with E-state index in [4.69, 9.17) is 0 Å². The second kappa shape index (κ2) is 5.61. The van der Waals surface area contributed by atoms with Crippen molar-refractivity contribution in [1.82, 2.24) is 4.90 Å². The normalized spacial score (nSPS) is 24.5. The molecule has 2 atom stereocenters. The van der Waals surface area contributed by atoms with E-state index in [9.17, 15) is 9.90 Å². The molecule has 0 bridgehead atoms. The molecule has 1 fully saturated rings. The molecule has 1 aliphatic heterocycles. The molecule has 0 aliphatic carbocycles. The Morgan fingerprint density at radius 1 is 1.37 bits per heavy atom. The highest BCUT2D eigenvalue weighted by molar-refractivity contribution is 5.86. The minimum Gasteiger partial charge on any atom is -0.394 e. The van der Waals surface area contributed by atoms with Gasteiger partial charge in [-0.25, -0.2) is 0 Å². The molecular weight excluding hydrogens is 240 g/mol. The van der Waals surface area contributed by atoms with Crippen LogP contribution in [0, 0.1) is 12.8 Å². The SMILES string of the molecule is Cc1cccc(N2CC(C)CN(C)C(=O)C2CO)c1. The molecular formula is C15H22N2O2. The maximum Gasteiger partial charge on any atom is 0.247 e. The van der Waals surface area contributed by atoms with Gasteiger partial charge in [0, 0.05) is 25.8 Å². The quantitative estimate of drug-likeness (QED) is 0.873. The first-order valence-corrected chi connectivity index (χ1v) is 6.72. The topological polar surface area (TPSA) is 43.8 Å². The Morgan fingerprint density at radius 3 is 2.74 bits per heavy atom. The van der Waals surface area contributed by atoms with Crippen LogP contribution in [0.25, 0.3) is 0 Å². The lowest BCUT2D eigenvalue weighted by molar-refractivity contribution is -0.131. The molecule has 1 heterocycles. The van der Waals surface area contributed by atoms with Crippen LogP contribution in [0.4, 0.5) is 5.69 Å². The fraction of sp³-hybridized carbons (Fsp3) is 0.533. The molecule has 1 saturated heterocycles. The van der Waals surface area contributed by atoms with Crippen LogP contribution in [0.1, 0.15) is 12.5 Å². The summed E-state index contributed by atoms with van der Waals surface area (Å²) in [6, 6.07) is 7.61. The van der Waals surface area contributed by atoms with Crippen molar-refractivity contribution in [3.63, 3.8) is 0 Å². The van der Waals surface area contributed by atoms with Crippen molar-refractivity contribution in [2.75, 3.05) is 31.6 Å². The van der Waals surface area contributed by atoms with Gasteiger partial charge in [0.1, 0.15) is 6.04 Å². The van der Waals surface area contributed by atoms with Gasteiger partial charge in [0.25, 0.3) is 0 Å².